The summed E-state index contributed by atoms with van der Waals surface area (Å²) in [7, 11) is -1.46. The third-order valence-corrected chi connectivity index (χ3v) is 5.63. The Morgan fingerprint density at radius 3 is 2.74 bits per heavy atom. The Balaban J connectivity index is 2.82. The van der Waals surface area contributed by atoms with Crippen molar-refractivity contribution in [3.8, 4) is 0 Å². The molecule has 0 aliphatic carbocycles. The summed E-state index contributed by atoms with van der Waals surface area (Å²) in [5, 5.41) is 3.14. The molecule has 0 aromatic heterocycles. The van der Waals surface area contributed by atoms with Gasteiger partial charge in [0.15, 0.2) is 0 Å². The van der Waals surface area contributed by atoms with Crippen molar-refractivity contribution in [3.05, 3.63) is 12.7 Å². The maximum atomic E-state index is 12.7. The number of hydrogen-bond donors (Lipinski definition) is 1. The van der Waals surface area contributed by atoms with Crippen LogP contribution in [0.3, 0.4) is 0 Å². The number of nitrogens with one attached hydrogen (secondary N) is 1. The second-order valence-electron chi connectivity index (χ2n) is 5.38. The van der Waals surface area contributed by atoms with Crippen LogP contribution in [0.25, 0.3) is 0 Å². The van der Waals surface area contributed by atoms with Gasteiger partial charge in [-0.3, -0.25) is 0 Å². The number of nitrogens with zero attached hydrogens (tertiary/aromatic N) is 2. The number of hydrogen-bond acceptors (Lipinski definition) is 3. The van der Waals surface area contributed by atoms with E-state index in [-0.39, 0.29) is 6.04 Å². The summed E-state index contributed by atoms with van der Waals surface area (Å²) in [5.41, 5.74) is 0. The van der Waals surface area contributed by atoms with Crippen molar-refractivity contribution in [3.63, 3.8) is 0 Å². The first-order chi connectivity index (χ1) is 8.93. The van der Waals surface area contributed by atoms with Gasteiger partial charge in [0.25, 0.3) is 10.2 Å². The monoisotopic (exact) mass is 289 g/mol. The molecule has 0 aromatic rings. The van der Waals surface area contributed by atoms with Gasteiger partial charge in [-0.2, -0.15) is 17.0 Å². The number of piperidine rings is 1. The number of rotatable bonds is 7. The highest BCUT2D eigenvalue weighted by Crippen LogP contribution is 2.21. The first kappa shape index (κ1) is 16.6. The van der Waals surface area contributed by atoms with E-state index in [1.165, 1.54) is 4.31 Å². The summed E-state index contributed by atoms with van der Waals surface area (Å²) in [4.78, 5) is 0. The summed E-state index contributed by atoms with van der Waals surface area (Å²) < 4.78 is 28.4. The normalized spacial score (nSPS) is 22.1. The average Bonchev–Trinajstić information content (AvgIpc) is 2.36. The molecule has 1 heterocycles. The van der Waals surface area contributed by atoms with Crippen LogP contribution in [0.1, 0.15) is 26.7 Å². The summed E-state index contributed by atoms with van der Waals surface area (Å²) in [5.74, 6) is 0.409. The van der Waals surface area contributed by atoms with Crippen molar-refractivity contribution in [1.29, 1.82) is 0 Å². The minimum Gasteiger partial charge on any atom is -0.319 e. The summed E-state index contributed by atoms with van der Waals surface area (Å²) >= 11 is 0. The fourth-order valence-electron chi connectivity index (χ4n) is 2.54. The van der Waals surface area contributed by atoms with Crippen LogP contribution in [0, 0.1) is 5.92 Å². The molecule has 1 aliphatic heterocycles. The molecule has 0 spiro atoms. The molecule has 112 valence electrons. The van der Waals surface area contributed by atoms with Crippen LogP contribution < -0.4 is 5.32 Å². The van der Waals surface area contributed by atoms with Gasteiger partial charge in [-0.25, -0.2) is 0 Å². The van der Waals surface area contributed by atoms with E-state index in [9.17, 15) is 8.42 Å². The minimum atomic E-state index is -3.37. The third kappa shape index (κ3) is 4.27. The van der Waals surface area contributed by atoms with E-state index < -0.39 is 10.2 Å². The van der Waals surface area contributed by atoms with Crippen LogP contribution in [0.15, 0.2) is 12.7 Å². The lowest BCUT2D eigenvalue weighted by Crippen LogP contribution is -2.51. The van der Waals surface area contributed by atoms with Crippen molar-refractivity contribution in [2.24, 2.45) is 5.92 Å². The zero-order chi connectivity index (χ0) is 14.5. The molecule has 1 N–H and O–H groups in total. The van der Waals surface area contributed by atoms with Crippen LogP contribution in [0.5, 0.6) is 0 Å². The zero-order valence-corrected chi connectivity index (χ0v) is 13.1. The topological polar surface area (TPSA) is 52.7 Å². The van der Waals surface area contributed by atoms with Gasteiger partial charge >= 0.3 is 0 Å². The predicted molar refractivity (Wildman–Crippen MR) is 79.2 cm³/mol. The van der Waals surface area contributed by atoms with Gasteiger partial charge in [-0.05, 0) is 46.2 Å². The largest absolute Gasteiger partial charge is 0.319 e. The highest BCUT2D eigenvalue weighted by Gasteiger charge is 2.34. The lowest BCUT2D eigenvalue weighted by atomic mass is 10.00. The lowest BCUT2D eigenvalue weighted by Gasteiger charge is -2.36. The highest BCUT2D eigenvalue weighted by molar-refractivity contribution is 7.86. The fourth-order valence-corrected chi connectivity index (χ4v) is 4.42. The second-order valence-corrected chi connectivity index (χ2v) is 7.26. The molecule has 0 saturated carbocycles. The van der Waals surface area contributed by atoms with E-state index in [1.807, 2.05) is 20.9 Å². The van der Waals surface area contributed by atoms with Gasteiger partial charge in [0.2, 0.25) is 0 Å². The van der Waals surface area contributed by atoms with E-state index in [0.29, 0.717) is 25.6 Å². The molecule has 0 aromatic carbocycles. The Morgan fingerprint density at radius 1 is 1.53 bits per heavy atom. The summed E-state index contributed by atoms with van der Waals surface area (Å²) in [6.07, 6.45) is 3.67. The van der Waals surface area contributed by atoms with Gasteiger partial charge in [0, 0.05) is 25.7 Å². The molecule has 0 bridgehead atoms. The van der Waals surface area contributed by atoms with Crippen molar-refractivity contribution in [2.75, 3.05) is 33.2 Å². The first-order valence-corrected chi connectivity index (χ1v) is 8.35. The smallest absolute Gasteiger partial charge is 0.282 e. The Kier molecular flexibility index (Phi) is 6.46. The molecular formula is C13H27N3O2S. The van der Waals surface area contributed by atoms with Crippen molar-refractivity contribution in [2.45, 2.75) is 32.7 Å². The van der Waals surface area contributed by atoms with Crippen LogP contribution in [-0.2, 0) is 10.2 Å². The minimum absolute atomic E-state index is 0.0484. The second kappa shape index (κ2) is 7.38. The van der Waals surface area contributed by atoms with Crippen LogP contribution >= 0.6 is 0 Å². The van der Waals surface area contributed by atoms with Gasteiger partial charge in [-0.1, -0.05) is 6.08 Å². The molecular weight excluding hydrogens is 262 g/mol. The molecule has 1 fully saturated rings. The van der Waals surface area contributed by atoms with E-state index >= 15 is 0 Å². The molecule has 1 unspecified atom stereocenters. The molecule has 1 rings (SSSR count). The Hall–Kier alpha value is -0.430. The van der Waals surface area contributed by atoms with Crippen molar-refractivity contribution in [1.82, 2.24) is 13.9 Å². The van der Waals surface area contributed by atoms with Crippen molar-refractivity contribution >= 4 is 10.2 Å². The molecule has 5 nitrogen and oxygen atoms in total. The van der Waals surface area contributed by atoms with Crippen LogP contribution in [0.2, 0.25) is 0 Å². The SMILES string of the molecule is C=CCN(C(C)C)S(=O)(=O)N1CCCC(CNC)C1. The van der Waals surface area contributed by atoms with Crippen LogP contribution in [-0.4, -0.2) is 56.3 Å². The molecule has 1 atom stereocenters. The van der Waals surface area contributed by atoms with E-state index in [4.69, 9.17) is 0 Å². The molecule has 1 aliphatic rings. The van der Waals surface area contributed by atoms with Gasteiger partial charge in [0.1, 0.15) is 0 Å². The van der Waals surface area contributed by atoms with Gasteiger partial charge in [-0.15, -0.1) is 6.58 Å². The predicted octanol–water partition coefficient (Wildman–Crippen LogP) is 1.06. The average molecular weight is 289 g/mol. The molecule has 19 heavy (non-hydrogen) atoms. The standard InChI is InChI=1S/C13H27N3O2S/c1-5-8-16(12(2)3)19(17,18)15-9-6-7-13(11-15)10-14-4/h5,12-14H,1,6-11H2,2-4H3. The van der Waals surface area contributed by atoms with Crippen molar-refractivity contribution < 1.29 is 8.42 Å². The summed E-state index contributed by atoms with van der Waals surface area (Å²) in [6.45, 7) is 9.93. The molecule has 0 amide bonds. The van der Waals surface area contributed by atoms with Gasteiger partial charge in [0.05, 0.1) is 0 Å². The molecule has 6 heteroatoms. The van der Waals surface area contributed by atoms with E-state index in [0.717, 1.165) is 19.4 Å². The Labute approximate surface area is 117 Å². The third-order valence-electron chi connectivity index (χ3n) is 3.48. The van der Waals surface area contributed by atoms with E-state index in [2.05, 4.69) is 11.9 Å². The molecule has 1 saturated heterocycles. The molecule has 0 radical (unpaired) electrons. The highest BCUT2D eigenvalue weighted by atomic mass is 32.2. The summed E-state index contributed by atoms with van der Waals surface area (Å²) in [6, 6.07) is -0.0484. The lowest BCUT2D eigenvalue weighted by molar-refractivity contribution is 0.240. The quantitative estimate of drug-likeness (QED) is 0.713. The van der Waals surface area contributed by atoms with E-state index in [1.54, 1.807) is 10.4 Å². The Bertz CT molecular complexity index is 379. The maximum absolute atomic E-state index is 12.7. The zero-order valence-electron chi connectivity index (χ0n) is 12.3. The maximum Gasteiger partial charge on any atom is 0.282 e. The Morgan fingerprint density at radius 2 is 2.21 bits per heavy atom. The van der Waals surface area contributed by atoms with Gasteiger partial charge < -0.3 is 5.32 Å². The fraction of sp³-hybridized carbons (Fsp3) is 0.846. The van der Waals surface area contributed by atoms with Crippen LogP contribution in [0.4, 0.5) is 0 Å². The first-order valence-electron chi connectivity index (χ1n) is 6.95.